The first-order chi connectivity index (χ1) is 11.8. The third kappa shape index (κ3) is 4.08. The zero-order chi connectivity index (χ0) is 18.0. The van der Waals surface area contributed by atoms with Gasteiger partial charge in [-0.1, -0.05) is 30.3 Å². The molecule has 1 fully saturated rings. The smallest absolute Gasteiger partial charge is 0.406 e. The first kappa shape index (κ1) is 17.2. The molecule has 25 heavy (non-hydrogen) atoms. The van der Waals surface area contributed by atoms with Gasteiger partial charge in [0.15, 0.2) is 5.11 Å². The molecule has 1 amide bonds. The van der Waals surface area contributed by atoms with Gasteiger partial charge in [0.05, 0.1) is 12.5 Å². The Kier molecular flexibility index (Phi) is 4.63. The van der Waals surface area contributed by atoms with Crippen LogP contribution in [0.25, 0.3) is 0 Å². The van der Waals surface area contributed by atoms with Crippen LogP contribution < -0.4 is 15.0 Å². The van der Waals surface area contributed by atoms with Crippen molar-refractivity contribution in [2.24, 2.45) is 0 Å². The fraction of sp³-hybridized carbons (Fsp3) is 0.176. The molecule has 2 aromatic rings. The quantitative estimate of drug-likeness (QED) is 0.836. The summed E-state index contributed by atoms with van der Waals surface area (Å²) in [6.07, 6.45) is -4.56. The van der Waals surface area contributed by atoms with Crippen LogP contribution in [0.4, 0.5) is 18.9 Å². The molecule has 0 unspecified atom stereocenters. The highest BCUT2D eigenvalue weighted by Gasteiger charge is 2.33. The summed E-state index contributed by atoms with van der Waals surface area (Å²) in [6, 6.07) is 14.3. The first-order valence-electron chi connectivity index (χ1n) is 7.37. The number of halogens is 3. The van der Waals surface area contributed by atoms with Gasteiger partial charge in [-0.15, -0.1) is 13.2 Å². The highest BCUT2D eigenvalue weighted by Crippen LogP contribution is 2.34. The number of hydrogen-bond acceptors (Lipinski definition) is 3. The zero-order valence-electron chi connectivity index (χ0n) is 12.8. The highest BCUT2D eigenvalue weighted by molar-refractivity contribution is 7.80. The van der Waals surface area contributed by atoms with Crippen LogP contribution >= 0.6 is 12.2 Å². The summed E-state index contributed by atoms with van der Waals surface area (Å²) in [7, 11) is 0. The Morgan fingerprint density at radius 2 is 1.72 bits per heavy atom. The van der Waals surface area contributed by atoms with Crippen LogP contribution in [0.1, 0.15) is 18.0 Å². The molecule has 1 saturated heterocycles. The number of thiocarbonyl (C=S) groups is 1. The van der Waals surface area contributed by atoms with Crippen molar-refractivity contribution in [3.8, 4) is 5.75 Å². The van der Waals surface area contributed by atoms with Gasteiger partial charge in [-0.05, 0) is 42.0 Å². The van der Waals surface area contributed by atoms with Gasteiger partial charge >= 0.3 is 6.36 Å². The topological polar surface area (TPSA) is 41.6 Å². The van der Waals surface area contributed by atoms with E-state index in [-0.39, 0.29) is 29.2 Å². The Bertz CT molecular complexity index is 779. The maximum absolute atomic E-state index is 12.3. The maximum atomic E-state index is 12.3. The number of alkyl halides is 3. The second-order valence-corrected chi connectivity index (χ2v) is 5.78. The summed E-state index contributed by atoms with van der Waals surface area (Å²) in [5, 5.41) is 2.79. The van der Waals surface area contributed by atoms with E-state index in [9.17, 15) is 18.0 Å². The fourth-order valence-corrected chi connectivity index (χ4v) is 3.03. The van der Waals surface area contributed by atoms with Gasteiger partial charge in [-0.25, -0.2) is 0 Å². The number of nitrogens with one attached hydrogen (secondary N) is 1. The average Bonchev–Trinajstić information content (AvgIpc) is 2.55. The van der Waals surface area contributed by atoms with E-state index in [2.05, 4.69) is 10.1 Å². The zero-order valence-corrected chi connectivity index (χ0v) is 13.6. The summed E-state index contributed by atoms with van der Waals surface area (Å²) < 4.78 is 40.7. The van der Waals surface area contributed by atoms with E-state index in [1.807, 2.05) is 30.3 Å². The summed E-state index contributed by atoms with van der Waals surface area (Å²) in [5.41, 5.74) is 1.45. The summed E-state index contributed by atoms with van der Waals surface area (Å²) >= 11 is 5.27. The van der Waals surface area contributed by atoms with Crippen molar-refractivity contribution < 1.29 is 22.7 Å². The molecule has 1 N–H and O–H groups in total. The molecule has 1 aliphatic heterocycles. The standard InChI is InChI=1S/C17H13F3N2O2S/c18-17(19,20)24-13-8-6-12(7-9-13)22-14(10-15(23)21-16(22)25)11-4-2-1-3-5-11/h1-9,14H,10H2,(H,21,23,25)/t14-/m1/s1. The molecule has 3 rings (SSSR count). The summed E-state index contributed by atoms with van der Waals surface area (Å²) in [5.74, 6) is -0.522. The van der Waals surface area contributed by atoms with Gasteiger partial charge < -0.3 is 15.0 Å². The summed E-state index contributed by atoms with van der Waals surface area (Å²) in [6.45, 7) is 0. The van der Waals surface area contributed by atoms with Gasteiger partial charge in [0, 0.05) is 5.69 Å². The first-order valence-corrected chi connectivity index (χ1v) is 7.78. The van der Waals surface area contributed by atoms with E-state index in [0.717, 1.165) is 5.56 Å². The second-order valence-electron chi connectivity index (χ2n) is 5.40. The number of carbonyl (C=O) groups is 1. The number of amides is 1. The Morgan fingerprint density at radius 3 is 2.32 bits per heavy atom. The fourth-order valence-electron chi connectivity index (χ4n) is 2.69. The van der Waals surface area contributed by atoms with Crippen molar-refractivity contribution in [3.05, 3.63) is 60.2 Å². The maximum Gasteiger partial charge on any atom is 0.573 e. The minimum atomic E-state index is -4.75. The van der Waals surface area contributed by atoms with Gasteiger partial charge in [0.25, 0.3) is 0 Å². The van der Waals surface area contributed by atoms with Gasteiger partial charge in [-0.3, -0.25) is 4.79 Å². The minimum absolute atomic E-state index is 0.185. The molecule has 1 aliphatic rings. The van der Waals surface area contributed by atoms with E-state index < -0.39 is 6.36 Å². The lowest BCUT2D eigenvalue weighted by atomic mass is 9.99. The molecular weight excluding hydrogens is 353 g/mol. The van der Waals surface area contributed by atoms with E-state index >= 15 is 0 Å². The summed E-state index contributed by atoms with van der Waals surface area (Å²) in [4.78, 5) is 13.6. The molecule has 2 aromatic carbocycles. The molecule has 130 valence electrons. The highest BCUT2D eigenvalue weighted by atomic mass is 32.1. The molecule has 0 aromatic heterocycles. The van der Waals surface area contributed by atoms with E-state index in [4.69, 9.17) is 12.2 Å². The lowest BCUT2D eigenvalue weighted by Gasteiger charge is -2.37. The Morgan fingerprint density at radius 1 is 1.08 bits per heavy atom. The Hall–Kier alpha value is -2.61. The molecular formula is C17H13F3N2O2S. The monoisotopic (exact) mass is 366 g/mol. The molecule has 4 nitrogen and oxygen atoms in total. The van der Waals surface area contributed by atoms with Gasteiger partial charge in [-0.2, -0.15) is 0 Å². The third-order valence-corrected chi connectivity index (χ3v) is 3.99. The van der Waals surface area contributed by atoms with Crippen molar-refractivity contribution in [1.29, 1.82) is 0 Å². The van der Waals surface area contributed by atoms with Gasteiger partial charge in [0.1, 0.15) is 5.75 Å². The number of carbonyl (C=O) groups excluding carboxylic acids is 1. The average molecular weight is 366 g/mol. The number of hydrogen-bond donors (Lipinski definition) is 1. The van der Waals surface area contributed by atoms with E-state index in [0.29, 0.717) is 5.69 Å². The SMILES string of the molecule is O=C1C[C@H](c2ccccc2)N(c2ccc(OC(F)(F)F)cc2)C(=S)N1. The predicted octanol–water partition coefficient (Wildman–Crippen LogP) is 3.94. The number of ether oxygens (including phenoxy) is 1. The van der Waals surface area contributed by atoms with Crippen molar-refractivity contribution in [3.63, 3.8) is 0 Å². The van der Waals surface area contributed by atoms with Crippen molar-refractivity contribution in [2.75, 3.05) is 4.90 Å². The molecule has 0 spiro atoms. The molecule has 1 atom stereocenters. The molecule has 0 radical (unpaired) electrons. The van der Waals surface area contributed by atoms with Crippen LogP contribution in [0.3, 0.4) is 0 Å². The predicted molar refractivity (Wildman–Crippen MR) is 90.1 cm³/mol. The Balaban J connectivity index is 1.92. The third-order valence-electron chi connectivity index (χ3n) is 3.69. The number of nitrogens with zero attached hydrogens (tertiary/aromatic N) is 1. The molecule has 0 saturated carbocycles. The van der Waals surface area contributed by atoms with Gasteiger partial charge in [0.2, 0.25) is 5.91 Å². The Labute approximate surface area is 147 Å². The second kappa shape index (κ2) is 6.72. The van der Waals surface area contributed by atoms with E-state index in [1.165, 1.54) is 24.3 Å². The van der Waals surface area contributed by atoms with Crippen LogP contribution in [0, 0.1) is 0 Å². The molecule has 0 bridgehead atoms. The largest absolute Gasteiger partial charge is 0.573 e. The lowest BCUT2D eigenvalue weighted by molar-refractivity contribution is -0.274. The number of rotatable bonds is 3. The van der Waals surface area contributed by atoms with Crippen LogP contribution in [0.15, 0.2) is 54.6 Å². The molecule has 8 heteroatoms. The van der Waals surface area contributed by atoms with Crippen LogP contribution in [-0.4, -0.2) is 17.4 Å². The van der Waals surface area contributed by atoms with Crippen LogP contribution in [-0.2, 0) is 4.79 Å². The normalized spacial score (nSPS) is 18.0. The van der Waals surface area contributed by atoms with Crippen LogP contribution in [0.5, 0.6) is 5.75 Å². The lowest BCUT2D eigenvalue weighted by Crippen LogP contribution is -2.51. The van der Waals surface area contributed by atoms with Crippen molar-refractivity contribution in [2.45, 2.75) is 18.8 Å². The van der Waals surface area contributed by atoms with Crippen molar-refractivity contribution >= 4 is 28.9 Å². The number of benzene rings is 2. The minimum Gasteiger partial charge on any atom is -0.406 e. The van der Waals surface area contributed by atoms with E-state index in [1.54, 1.807) is 4.90 Å². The van der Waals surface area contributed by atoms with Crippen molar-refractivity contribution in [1.82, 2.24) is 5.32 Å². The van der Waals surface area contributed by atoms with Crippen LogP contribution in [0.2, 0.25) is 0 Å². The number of anilines is 1. The molecule has 1 heterocycles. The molecule has 0 aliphatic carbocycles.